The number of aliphatic hydroxyl groups excluding tert-OH is 1. The van der Waals surface area contributed by atoms with Crippen LogP contribution < -0.4 is 9.64 Å². The average molecular weight is 529 g/mol. The number of para-hydroxylation sites is 1. The van der Waals surface area contributed by atoms with Gasteiger partial charge in [-0.2, -0.15) is 4.80 Å². The molecule has 2 aromatic carbocycles. The van der Waals surface area contributed by atoms with Gasteiger partial charge in [0.1, 0.15) is 11.9 Å². The van der Waals surface area contributed by atoms with E-state index in [1.54, 1.807) is 43.1 Å². The number of nitro benzene ring substituents is 1. The maximum absolute atomic E-state index is 12.8. The molecule has 38 heavy (non-hydrogen) atoms. The Kier molecular flexibility index (Phi) is 7.57. The molecule has 0 saturated carbocycles. The minimum absolute atomic E-state index is 0.0353. The summed E-state index contributed by atoms with van der Waals surface area (Å²) in [7, 11) is 5.67. The predicted octanol–water partition coefficient (Wildman–Crippen LogP) is 1.78. The van der Waals surface area contributed by atoms with Gasteiger partial charge in [0.2, 0.25) is 0 Å². The first-order valence-corrected chi connectivity index (χ1v) is 11.5. The van der Waals surface area contributed by atoms with E-state index in [2.05, 4.69) is 15.4 Å². The number of aryl methyl sites for hydroxylation is 1. The Morgan fingerprint density at radius 1 is 1.26 bits per heavy atom. The molecule has 4 rings (SSSR count). The average Bonchev–Trinajstić information content (AvgIpc) is 3.33. The molecule has 2 heterocycles. The number of benzene rings is 2. The van der Waals surface area contributed by atoms with Crippen molar-refractivity contribution in [3.05, 3.63) is 69.5 Å². The largest absolute Gasteiger partial charge is 0.479 e. The maximum Gasteiger partial charge on any atom is 0.339 e. The van der Waals surface area contributed by atoms with Crippen molar-refractivity contribution in [1.82, 2.24) is 20.2 Å². The number of fused-ring (bicyclic) bond motifs is 1. The first-order chi connectivity index (χ1) is 18.1. The molecule has 0 spiro atoms. The highest BCUT2D eigenvalue weighted by Gasteiger charge is 2.54. The van der Waals surface area contributed by atoms with E-state index in [4.69, 9.17) is 18.9 Å². The molecular weight excluding hydrogens is 500 g/mol. The van der Waals surface area contributed by atoms with Crippen LogP contribution in [-0.4, -0.2) is 75.5 Å². The van der Waals surface area contributed by atoms with Crippen LogP contribution in [0.3, 0.4) is 0 Å². The van der Waals surface area contributed by atoms with Crippen molar-refractivity contribution in [1.29, 1.82) is 0 Å². The van der Waals surface area contributed by atoms with Crippen LogP contribution in [-0.2, 0) is 27.8 Å². The fraction of sp³-hybridized carbons (Fsp3) is 0.417. The van der Waals surface area contributed by atoms with Crippen LogP contribution in [0.25, 0.3) is 0 Å². The number of nitro groups is 1. The highest BCUT2D eigenvalue weighted by Crippen LogP contribution is 2.48. The fourth-order valence-corrected chi connectivity index (χ4v) is 4.72. The van der Waals surface area contributed by atoms with Gasteiger partial charge in [-0.25, -0.2) is 4.79 Å². The maximum atomic E-state index is 12.8. The highest BCUT2D eigenvalue weighted by atomic mass is 16.7. The van der Waals surface area contributed by atoms with Crippen LogP contribution in [0.4, 0.5) is 11.4 Å². The molecule has 3 atom stereocenters. The van der Waals surface area contributed by atoms with E-state index in [-0.39, 0.29) is 29.4 Å². The normalized spacial score (nSPS) is 20.5. The first kappa shape index (κ1) is 26.9. The Labute approximate surface area is 217 Å². The minimum atomic E-state index is -1.48. The van der Waals surface area contributed by atoms with Crippen LogP contribution >= 0.6 is 0 Å². The van der Waals surface area contributed by atoms with Gasteiger partial charge in [0, 0.05) is 31.9 Å². The number of carbonyl (C=O) groups excluding carboxylic acids is 1. The van der Waals surface area contributed by atoms with Crippen LogP contribution in [0.15, 0.2) is 42.5 Å². The molecule has 1 aliphatic heterocycles. The van der Waals surface area contributed by atoms with E-state index in [9.17, 15) is 20.0 Å². The third-order valence-electron chi connectivity index (χ3n) is 6.45. The third-order valence-corrected chi connectivity index (χ3v) is 6.45. The summed E-state index contributed by atoms with van der Waals surface area (Å²) in [5.41, 5.74) is -0.822. The van der Waals surface area contributed by atoms with E-state index in [1.165, 1.54) is 44.3 Å². The van der Waals surface area contributed by atoms with Gasteiger partial charge in [0.25, 0.3) is 5.69 Å². The summed E-state index contributed by atoms with van der Waals surface area (Å²) in [4.78, 5) is 26.8. The number of non-ortho nitro benzene ring substituents is 1. The van der Waals surface area contributed by atoms with Crippen molar-refractivity contribution in [2.45, 2.75) is 37.5 Å². The number of aliphatic hydroxyl groups is 1. The van der Waals surface area contributed by atoms with Crippen molar-refractivity contribution >= 4 is 17.3 Å². The Morgan fingerprint density at radius 3 is 2.58 bits per heavy atom. The van der Waals surface area contributed by atoms with Crippen molar-refractivity contribution in [3.63, 3.8) is 0 Å². The second kappa shape index (κ2) is 10.7. The first-order valence-electron chi connectivity index (χ1n) is 11.5. The van der Waals surface area contributed by atoms with E-state index < -0.39 is 34.9 Å². The number of carbonyl (C=O) groups is 1. The molecule has 0 bridgehead atoms. The van der Waals surface area contributed by atoms with Gasteiger partial charge in [0.05, 0.1) is 42.9 Å². The molecule has 0 fully saturated rings. The van der Waals surface area contributed by atoms with Gasteiger partial charge >= 0.3 is 5.97 Å². The Hall–Kier alpha value is -4.14. The number of ether oxygens (including phenoxy) is 4. The van der Waals surface area contributed by atoms with Crippen molar-refractivity contribution in [3.8, 4) is 5.75 Å². The lowest BCUT2D eigenvalue weighted by molar-refractivity contribution is -0.385. The zero-order valence-electron chi connectivity index (χ0n) is 21.5. The van der Waals surface area contributed by atoms with Crippen LogP contribution in [0, 0.1) is 10.1 Å². The van der Waals surface area contributed by atoms with E-state index in [1.807, 2.05) is 0 Å². The molecule has 1 aromatic heterocycles. The summed E-state index contributed by atoms with van der Waals surface area (Å²) in [5.74, 6) is -0.0809. The molecule has 202 valence electrons. The standard InChI is InChI=1S/C24H28N6O8/c1-24(23(36-4)37-5)21(31)20(16-12-14(30(33)34)10-11-18(16)38-24)29(13-19-25-27-28(2)26-19)17-9-7-6-8-15(17)22(32)35-3/h6-12,20-21,23,31H,13H2,1-5H3/t20-,21+,24-/m0/s1. The molecular formula is C24H28N6O8. The minimum Gasteiger partial charge on any atom is -0.479 e. The monoisotopic (exact) mass is 528 g/mol. The number of anilines is 1. The van der Waals surface area contributed by atoms with Crippen LogP contribution in [0.5, 0.6) is 5.75 Å². The fourth-order valence-electron chi connectivity index (χ4n) is 4.72. The second-order valence-electron chi connectivity index (χ2n) is 8.79. The third kappa shape index (κ3) is 4.76. The van der Waals surface area contributed by atoms with Crippen LogP contribution in [0.1, 0.15) is 34.7 Å². The summed E-state index contributed by atoms with van der Waals surface area (Å²) in [6.45, 7) is 1.57. The van der Waals surface area contributed by atoms with E-state index in [0.29, 0.717) is 11.3 Å². The predicted molar refractivity (Wildman–Crippen MR) is 131 cm³/mol. The summed E-state index contributed by atoms with van der Waals surface area (Å²) >= 11 is 0. The summed E-state index contributed by atoms with van der Waals surface area (Å²) in [5, 5.41) is 35.8. The molecule has 14 heteroatoms. The molecule has 0 radical (unpaired) electrons. The molecule has 3 aromatic rings. The number of rotatable bonds is 9. The lowest BCUT2D eigenvalue weighted by atomic mass is 9.83. The number of nitrogens with zero attached hydrogens (tertiary/aromatic N) is 6. The van der Waals surface area contributed by atoms with Gasteiger partial charge in [-0.05, 0) is 30.3 Å². The van der Waals surface area contributed by atoms with Gasteiger partial charge < -0.3 is 29.0 Å². The SMILES string of the molecule is COC(=O)c1ccccc1N(Cc1nnn(C)n1)[C@H]1c2cc([N+](=O)[O-])ccc2O[C@](C)(C(OC)OC)[C@@H]1O. The zero-order valence-corrected chi connectivity index (χ0v) is 21.5. The van der Waals surface area contributed by atoms with Crippen LogP contribution in [0.2, 0.25) is 0 Å². The topological polar surface area (TPSA) is 164 Å². The number of tetrazole rings is 1. The van der Waals surface area contributed by atoms with Gasteiger partial charge in [-0.1, -0.05) is 12.1 Å². The van der Waals surface area contributed by atoms with Gasteiger partial charge in [-0.3, -0.25) is 10.1 Å². The quantitative estimate of drug-likeness (QED) is 0.186. The van der Waals surface area contributed by atoms with Crippen molar-refractivity contribution < 1.29 is 33.8 Å². The Balaban J connectivity index is 1.99. The number of methoxy groups -OCH3 is 3. The number of esters is 1. The number of hydrogen-bond acceptors (Lipinski definition) is 12. The molecule has 1 N–H and O–H groups in total. The Morgan fingerprint density at radius 2 is 1.97 bits per heavy atom. The molecule has 0 saturated heterocycles. The summed E-state index contributed by atoms with van der Waals surface area (Å²) in [6, 6.07) is 9.70. The molecule has 0 unspecified atom stereocenters. The second-order valence-corrected chi connectivity index (χ2v) is 8.79. The molecule has 0 aliphatic carbocycles. The summed E-state index contributed by atoms with van der Waals surface area (Å²) < 4.78 is 22.1. The number of hydrogen-bond donors (Lipinski definition) is 1. The molecule has 1 aliphatic rings. The lowest BCUT2D eigenvalue weighted by Crippen LogP contribution is -2.62. The highest BCUT2D eigenvalue weighted by molar-refractivity contribution is 5.96. The molecule has 14 nitrogen and oxygen atoms in total. The van der Waals surface area contributed by atoms with E-state index in [0.717, 1.165) is 0 Å². The summed E-state index contributed by atoms with van der Waals surface area (Å²) in [6.07, 6.45) is -2.43. The van der Waals surface area contributed by atoms with Crippen molar-refractivity contribution in [2.24, 2.45) is 7.05 Å². The molecule has 0 amide bonds. The van der Waals surface area contributed by atoms with Gasteiger partial charge in [0.15, 0.2) is 17.7 Å². The zero-order chi connectivity index (χ0) is 27.6. The van der Waals surface area contributed by atoms with Gasteiger partial charge in [-0.15, -0.1) is 10.2 Å². The van der Waals surface area contributed by atoms with Crippen molar-refractivity contribution in [2.75, 3.05) is 26.2 Å². The van der Waals surface area contributed by atoms with E-state index >= 15 is 0 Å². The number of aromatic nitrogens is 4. The smallest absolute Gasteiger partial charge is 0.339 e. The Bertz CT molecular complexity index is 1330. The lowest BCUT2D eigenvalue weighted by Gasteiger charge is -2.49.